The molecule has 0 bridgehead atoms. The Labute approximate surface area is 207 Å². The van der Waals surface area contributed by atoms with Gasteiger partial charge < -0.3 is 24.6 Å². The molecule has 0 unspecified atom stereocenters. The zero-order valence-electron chi connectivity index (χ0n) is 20.7. The van der Waals surface area contributed by atoms with Gasteiger partial charge in [-0.25, -0.2) is 9.36 Å². The molecule has 2 aromatic heterocycles. The third kappa shape index (κ3) is 6.10. The zero-order valence-corrected chi connectivity index (χ0v) is 21.7. The molecule has 3 aromatic rings. The Morgan fingerprint density at radius 1 is 1.06 bits per heavy atom. The summed E-state index contributed by atoms with van der Waals surface area (Å²) in [5, 5.41) is 12.3. The van der Waals surface area contributed by atoms with Crippen LogP contribution < -0.4 is 15.1 Å². The lowest BCUT2D eigenvalue weighted by Crippen LogP contribution is -2.36. The first-order valence-electron chi connectivity index (χ1n) is 12.1. The van der Waals surface area contributed by atoms with Gasteiger partial charge in [-0.1, -0.05) is 19.6 Å². The van der Waals surface area contributed by atoms with E-state index in [0.717, 1.165) is 56.2 Å². The molecule has 0 spiro atoms. The minimum absolute atomic E-state index is 0.469. The molecule has 0 aliphatic carbocycles. The summed E-state index contributed by atoms with van der Waals surface area (Å²) in [6, 6.07) is 9.52. The highest BCUT2D eigenvalue weighted by molar-refractivity contribution is 6.76. The first-order chi connectivity index (χ1) is 16.9. The van der Waals surface area contributed by atoms with E-state index in [1.807, 2.05) is 34.2 Å². The van der Waals surface area contributed by atoms with Gasteiger partial charge in [0.15, 0.2) is 5.82 Å². The van der Waals surface area contributed by atoms with Crippen LogP contribution in [0, 0.1) is 0 Å². The number of nitrogens with zero attached hydrogens (tertiary/aromatic N) is 7. The molecule has 11 heteroatoms. The van der Waals surface area contributed by atoms with Crippen molar-refractivity contribution in [1.29, 1.82) is 0 Å². The number of hydrogen-bond donors (Lipinski definition) is 1. The second kappa shape index (κ2) is 10.2. The molecule has 5 rings (SSSR count). The Balaban J connectivity index is 1.16. The molecule has 0 atom stereocenters. The van der Waals surface area contributed by atoms with E-state index in [2.05, 4.69) is 69.2 Å². The predicted molar refractivity (Wildman–Crippen MR) is 141 cm³/mol. The number of rotatable bonds is 9. The summed E-state index contributed by atoms with van der Waals surface area (Å²) in [4.78, 5) is 9.14. The van der Waals surface area contributed by atoms with E-state index < -0.39 is 8.07 Å². The van der Waals surface area contributed by atoms with E-state index >= 15 is 0 Å². The van der Waals surface area contributed by atoms with Gasteiger partial charge in [0.05, 0.1) is 37.8 Å². The number of hydrogen-bond acceptors (Lipinski definition) is 8. The van der Waals surface area contributed by atoms with Gasteiger partial charge in [-0.15, -0.1) is 5.10 Å². The summed E-state index contributed by atoms with van der Waals surface area (Å²) in [5.41, 5.74) is 3.16. The fourth-order valence-electron chi connectivity index (χ4n) is 3.98. The van der Waals surface area contributed by atoms with Gasteiger partial charge in [0, 0.05) is 51.5 Å². The SMILES string of the molecule is C[Si](C)(C)CCOCn1cc(N2C=Cn3nc(Nc4ccc(N5CCOCC5)cc4)nc3C2)cn1. The normalized spacial score (nSPS) is 16.0. The van der Waals surface area contributed by atoms with E-state index in [4.69, 9.17) is 14.5 Å². The van der Waals surface area contributed by atoms with Crippen LogP contribution in [0.4, 0.5) is 23.0 Å². The van der Waals surface area contributed by atoms with Crippen LogP contribution in [0.1, 0.15) is 5.82 Å². The van der Waals surface area contributed by atoms with Gasteiger partial charge in [0.25, 0.3) is 0 Å². The Kier molecular flexibility index (Phi) is 6.89. The van der Waals surface area contributed by atoms with Crippen molar-refractivity contribution in [3.8, 4) is 0 Å². The van der Waals surface area contributed by atoms with Crippen LogP contribution in [0.3, 0.4) is 0 Å². The monoisotopic (exact) mass is 494 g/mol. The smallest absolute Gasteiger partial charge is 0.247 e. The van der Waals surface area contributed by atoms with Crippen LogP contribution >= 0.6 is 0 Å². The van der Waals surface area contributed by atoms with Gasteiger partial charge in [-0.3, -0.25) is 0 Å². The largest absolute Gasteiger partial charge is 0.378 e. The average molecular weight is 495 g/mol. The molecule has 186 valence electrons. The van der Waals surface area contributed by atoms with Crippen molar-refractivity contribution in [1.82, 2.24) is 24.5 Å². The maximum atomic E-state index is 5.81. The van der Waals surface area contributed by atoms with Gasteiger partial charge in [0.2, 0.25) is 5.95 Å². The molecule has 2 aliphatic rings. The van der Waals surface area contributed by atoms with Gasteiger partial charge in [-0.2, -0.15) is 10.1 Å². The van der Waals surface area contributed by atoms with Crippen molar-refractivity contribution in [3.63, 3.8) is 0 Å². The lowest BCUT2D eigenvalue weighted by Gasteiger charge is -2.28. The van der Waals surface area contributed by atoms with Crippen molar-refractivity contribution in [2.24, 2.45) is 0 Å². The molecule has 1 N–H and O–H groups in total. The standard InChI is InChI=1S/C24H34N8O2Si/c1-35(2,3)15-14-34-19-31-17-22(16-25-31)30-8-9-32-23(18-30)27-24(28-32)26-20-4-6-21(7-5-20)29-10-12-33-13-11-29/h4-9,16-17H,10-15,18-19H2,1-3H3,(H,26,28). The molecule has 1 aromatic carbocycles. The Morgan fingerprint density at radius 2 is 1.86 bits per heavy atom. The third-order valence-electron chi connectivity index (χ3n) is 6.07. The minimum Gasteiger partial charge on any atom is -0.378 e. The maximum Gasteiger partial charge on any atom is 0.247 e. The molecule has 0 radical (unpaired) electrons. The number of anilines is 4. The highest BCUT2D eigenvalue weighted by atomic mass is 28.3. The number of nitrogens with one attached hydrogen (secondary N) is 1. The Bertz CT molecular complexity index is 1150. The molecular formula is C24H34N8O2Si. The quantitative estimate of drug-likeness (QED) is 0.355. The van der Waals surface area contributed by atoms with Crippen LogP contribution in [0.25, 0.3) is 6.20 Å². The van der Waals surface area contributed by atoms with Crippen molar-refractivity contribution in [2.45, 2.75) is 39.0 Å². The minimum atomic E-state index is -1.08. The zero-order chi connectivity index (χ0) is 24.3. The van der Waals surface area contributed by atoms with E-state index in [1.54, 1.807) is 0 Å². The van der Waals surface area contributed by atoms with Crippen molar-refractivity contribution >= 4 is 37.3 Å². The molecule has 35 heavy (non-hydrogen) atoms. The van der Waals surface area contributed by atoms with Crippen LogP contribution in [0.15, 0.2) is 42.9 Å². The topological polar surface area (TPSA) is 85.5 Å². The lowest BCUT2D eigenvalue weighted by molar-refractivity contribution is 0.0786. The van der Waals surface area contributed by atoms with Crippen molar-refractivity contribution in [2.75, 3.05) is 48.0 Å². The average Bonchev–Trinajstić information content (AvgIpc) is 3.48. The molecule has 0 amide bonds. The highest BCUT2D eigenvalue weighted by Crippen LogP contribution is 2.24. The molecule has 0 saturated carbocycles. The molecule has 1 saturated heterocycles. The fourth-order valence-corrected chi connectivity index (χ4v) is 4.73. The first kappa shape index (κ1) is 23.6. The molecular weight excluding hydrogens is 460 g/mol. The summed E-state index contributed by atoms with van der Waals surface area (Å²) < 4.78 is 14.9. The second-order valence-corrected chi connectivity index (χ2v) is 15.7. The summed E-state index contributed by atoms with van der Waals surface area (Å²) in [5.74, 6) is 1.44. The number of ether oxygens (including phenoxy) is 2. The fraction of sp³-hybridized carbons (Fsp3) is 0.458. The molecule has 2 aliphatic heterocycles. The van der Waals surface area contributed by atoms with Crippen molar-refractivity contribution in [3.05, 3.63) is 48.7 Å². The van der Waals surface area contributed by atoms with Crippen LogP contribution in [0.5, 0.6) is 0 Å². The van der Waals surface area contributed by atoms with E-state index in [-0.39, 0.29) is 0 Å². The summed E-state index contributed by atoms with van der Waals surface area (Å²) in [6.45, 7) is 12.3. The maximum absolute atomic E-state index is 5.81. The Hall–Kier alpha value is -3.15. The van der Waals surface area contributed by atoms with E-state index in [9.17, 15) is 0 Å². The molecule has 4 heterocycles. The number of morpholine rings is 1. The number of benzene rings is 1. The van der Waals surface area contributed by atoms with E-state index in [0.29, 0.717) is 19.2 Å². The molecule has 10 nitrogen and oxygen atoms in total. The number of fused-ring (bicyclic) bond motifs is 1. The summed E-state index contributed by atoms with van der Waals surface area (Å²) in [6.07, 6.45) is 7.77. The predicted octanol–water partition coefficient (Wildman–Crippen LogP) is 3.82. The van der Waals surface area contributed by atoms with Gasteiger partial charge in [0.1, 0.15) is 6.73 Å². The van der Waals surface area contributed by atoms with Crippen molar-refractivity contribution < 1.29 is 9.47 Å². The van der Waals surface area contributed by atoms with E-state index in [1.165, 1.54) is 5.69 Å². The van der Waals surface area contributed by atoms with Crippen LogP contribution in [-0.4, -0.2) is 65.5 Å². The van der Waals surface area contributed by atoms with Gasteiger partial charge >= 0.3 is 0 Å². The first-order valence-corrected chi connectivity index (χ1v) is 15.8. The molecule has 1 fully saturated rings. The van der Waals surface area contributed by atoms with Crippen LogP contribution in [0.2, 0.25) is 25.7 Å². The lowest BCUT2D eigenvalue weighted by atomic mass is 10.2. The number of aromatic nitrogens is 5. The van der Waals surface area contributed by atoms with Gasteiger partial charge in [-0.05, 0) is 30.3 Å². The summed E-state index contributed by atoms with van der Waals surface area (Å²) in [7, 11) is -1.08. The highest BCUT2D eigenvalue weighted by Gasteiger charge is 2.18. The summed E-state index contributed by atoms with van der Waals surface area (Å²) >= 11 is 0. The third-order valence-corrected chi connectivity index (χ3v) is 7.78. The second-order valence-electron chi connectivity index (χ2n) is 10.1. The Morgan fingerprint density at radius 3 is 2.63 bits per heavy atom. The van der Waals surface area contributed by atoms with Crippen LogP contribution in [-0.2, 0) is 22.7 Å².